The van der Waals surface area contributed by atoms with Gasteiger partial charge in [-0.1, -0.05) is 85.0 Å². The van der Waals surface area contributed by atoms with Crippen molar-refractivity contribution < 1.29 is 9.59 Å². The van der Waals surface area contributed by atoms with Crippen molar-refractivity contribution in [1.82, 2.24) is 19.6 Å². The minimum Gasteiger partial charge on any atom is -0.340 e. The SMILES string of the molecule is O=C(CCC(=O)N1CCN(CC=Cc2ccccc2)CC1)N1CCN(CC=Cc2ccccc2)CC1. The van der Waals surface area contributed by atoms with Crippen LogP contribution in [0.25, 0.3) is 12.2 Å². The van der Waals surface area contributed by atoms with Crippen molar-refractivity contribution in [3.63, 3.8) is 0 Å². The van der Waals surface area contributed by atoms with Crippen molar-refractivity contribution in [2.45, 2.75) is 12.8 Å². The van der Waals surface area contributed by atoms with E-state index in [1.54, 1.807) is 0 Å². The Hall–Kier alpha value is -3.22. The molecule has 2 aliphatic heterocycles. The van der Waals surface area contributed by atoms with Crippen LogP contribution < -0.4 is 0 Å². The maximum atomic E-state index is 12.7. The third-order valence-corrected chi connectivity index (χ3v) is 6.95. The normalized spacial score (nSPS) is 17.8. The first-order valence-corrected chi connectivity index (χ1v) is 13.1. The Kier molecular flexibility index (Phi) is 9.88. The van der Waals surface area contributed by atoms with Gasteiger partial charge in [0, 0.05) is 78.3 Å². The molecule has 36 heavy (non-hydrogen) atoms. The zero-order valence-electron chi connectivity index (χ0n) is 21.2. The van der Waals surface area contributed by atoms with Gasteiger partial charge in [0.05, 0.1) is 0 Å². The fraction of sp³-hybridized carbons (Fsp3) is 0.400. The van der Waals surface area contributed by atoms with Gasteiger partial charge in [0.1, 0.15) is 0 Å². The lowest BCUT2D eigenvalue weighted by atomic mass is 10.2. The van der Waals surface area contributed by atoms with Crippen LogP contribution in [0.2, 0.25) is 0 Å². The van der Waals surface area contributed by atoms with Gasteiger partial charge in [-0.2, -0.15) is 0 Å². The average Bonchev–Trinajstić information content (AvgIpc) is 2.93. The summed E-state index contributed by atoms with van der Waals surface area (Å²) in [6, 6.07) is 20.6. The van der Waals surface area contributed by atoms with Crippen LogP contribution in [0.15, 0.2) is 72.8 Å². The number of rotatable bonds is 9. The smallest absolute Gasteiger partial charge is 0.223 e. The Balaban J connectivity index is 1.09. The van der Waals surface area contributed by atoms with Gasteiger partial charge in [-0.3, -0.25) is 19.4 Å². The highest BCUT2D eigenvalue weighted by Crippen LogP contribution is 2.10. The summed E-state index contributed by atoms with van der Waals surface area (Å²) in [5, 5.41) is 0. The van der Waals surface area contributed by atoms with Crippen LogP contribution in [-0.2, 0) is 9.59 Å². The molecule has 6 nitrogen and oxygen atoms in total. The summed E-state index contributed by atoms with van der Waals surface area (Å²) in [5.74, 6) is 0.208. The average molecular weight is 487 g/mol. The van der Waals surface area contributed by atoms with Gasteiger partial charge >= 0.3 is 0 Å². The highest BCUT2D eigenvalue weighted by Gasteiger charge is 2.24. The second-order valence-electron chi connectivity index (χ2n) is 9.49. The zero-order chi connectivity index (χ0) is 25.0. The summed E-state index contributed by atoms with van der Waals surface area (Å²) in [7, 11) is 0. The molecule has 190 valence electrons. The third-order valence-electron chi connectivity index (χ3n) is 6.95. The molecule has 0 aromatic heterocycles. The van der Waals surface area contributed by atoms with Crippen LogP contribution in [0.5, 0.6) is 0 Å². The number of amides is 2. The first kappa shape index (κ1) is 25.9. The van der Waals surface area contributed by atoms with E-state index in [0.29, 0.717) is 12.8 Å². The first-order valence-electron chi connectivity index (χ1n) is 13.1. The fourth-order valence-electron chi connectivity index (χ4n) is 4.69. The first-order chi connectivity index (χ1) is 17.7. The summed E-state index contributed by atoms with van der Waals surface area (Å²) in [5.41, 5.74) is 2.41. The Morgan fingerprint density at radius 2 is 0.917 bits per heavy atom. The summed E-state index contributed by atoms with van der Waals surface area (Å²) in [4.78, 5) is 33.9. The molecule has 2 heterocycles. The molecule has 2 aromatic rings. The van der Waals surface area contributed by atoms with Crippen molar-refractivity contribution in [3.05, 3.63) is 83.9 Å². The van der Waals surface area contributed by atoms with Crippen molar-refractivity contribution in [2.24, 2.45) is 0 Å². The van der Waals surface area contributed by atoms with E-state index in [4.69, 9.17) is 0 Å². The number of hydrogen-bond donors (Lipinski definition) is 0. The maximum Gasteiger partial charge on any atom is 0.223 e. The topological polar surface area (TPSA) is 47.1 Å². The molecule has 0 radical (unpaired) electrons. The molecule has 6 heteroatoms. The van der Waals surface area contributed by atoms with E-state index < -0.39 is 0 Å². The van der Waals surface area contributed by atoms with Crippen LogP contribution in [0.3, 0.4) is 0 Å². The summed E-state index contributed by atoms with van der Waals surface area (Å²) in [6.07, 6.45) is 9.28. The molecule has 0 atom stereocenters. The van der Waals surface area contributed by atoms with E-state index >= 15 is 0 Å². The Labute approximate surface area is 215 Å². The molecule has 4 rings (SSSR count). The molecule has 2 aromatic carbocycles. The van der Waals surface area contributed by atoms with E-state index in [0.717, 1.165) is 65.4 Å². The van der Waals surface area contributed by atoms with Crippen LogP contribution in [0.1, 0.15) is 24.0 Å². The number of carbonyl (C=O) groups is 2. The molecule has 0 aliphatic carbocycles. The van der Waals surface area contributed by atoms with Gasteiger partial charge in [-0.15, -0.1) is 0 Å². The fourth-order valence-corrected chi connectivity index (χ4v) is 4.69. The van der Waals surface area contributed by atoms with Crippen molar-refractivity contribution >= 4 is 24.0 Å². The molecular weight excluding hydrogens is 448 g/mol. The minimum atomic E-state index is 0.104. The van der Waals surface area contributed by atoms with Crippen LogP contribution in [0.4, 0.5) is 0 Å². The number of piperazine rings is 2. The Morgan fingerprint density at radius 3 is 1.28 bits per heavy atom. The number of benzene rings is 2. The monoisotopic (exact) mass is 486 g/mol. The Morgan fingerprint density at radius 1 is 0.556 bits per heavy atom. The molecule has 0 bridgehead atoms. The standard InChI is InChI=1S/C30H38N4O2/c35-29(33-23-19-31(20-24-33)17-7-13-27-9-3-1-4-10-27)15-16-30(36)34-25-21-32(22-26-34)18-8-14-28-11-5-2-6-12-28/h1-14H,15-26H2. The van der Waals surface area contributed by atoms with Gasteiger partial charge in [-0.05, 0) is 11.1 Å². The molecule has 2 aliphatic rings. The van der Waals surface area contributed by atoms with E-state index in [2.05, 4.69) is 58.4 Å². The molecular formula is C30H38N4O2. The van der Waals surface area contributed by atoms with Gasteiger partial charge < -0.3 is 9.80 Å². The molecule has 0 spiro atoms. The number of hydrogen-bond acceptors (Lipinski definition) is 4. The zero-order valence-corrected chi connectivity index (χ0v) is 21.2. The second kappa shape index (κ2) is 13.8. The van der Waals surface area contributed by atoms with Crippen LogP contribution in [-0.4, -0.2) is 96.9 Å². The molecule has 0 unspecified atom stereocenters. The lowest BCUT2D eigenvalue weighted by molar-refractivity contribution is -0.138. The molecule has 2 saturated heterocycles. The third kappa shape index (κ3) is 8.18. The van der Waals surface area contributed by atoms with E-state index in [1.165, 1.54) is 11.1 Å². The lowest BCUT2D eigenvalue weighted by Gasteiger charge is -2.35. The summed E-state index contributed by atoms with van der Waals surface area (Å²) in [6.45, 7) is 8.23. The van der Waals surface area contributed by atoms with Crippen LogP contribution in [0, 0.1) is 0 Å². The van der Waals surface area contributed by atoms with Gasteiger partial charge in [-0.25, -0.2) is 0 Å². The highest BCUT2D eigenvalue weighted by molar-refractivity contribution is 5.84. The highest BCUT2D eigenvalue weighted by atomic mass is 16.2. The number of carbonyl (C=O) groups excluding carboxylic acids is 2. The lowest BCUT2D eigenvalue weighted by Crippen LogP contribution is -2.50. The quantitative estimate of drug-likeness (QED) is 0.545. The van der Waals surface area contributed by atoms with Crippen molar-refractivity contribution in [1.29, 1.82) is 0 Å². The second-order valence-corrected chi connectivity index (χ2v) is 9.49. The predicted molar refractivity (Wildman–Crippen MR) is 146 cm³/mol. The van der Waals surface area contributed by atoms with Gasteiger partial charge in [0.25, 0.3) is 0 Å². The number of nitrogens with zero attached hydrogens (tertiary/aromatic N) is 4. The van der Waals surface area contributed by atoms with Gasteiger partial charge in [0.2, 0.25) is 11.8 Å². The molecule has 2 fully saturated rings. The van der Waals surface area contributed by atoms with E-state index in [-0.39, 0.29) is 11.8 Å². The maximum absolute atomic E-state index is 12.7. The minimum absolute atomic E-state index is 0.104. The molecule has 2 amide bonds. The molecule has 0 N–H and O–H groups in total. The largest absolute Gasteiger partial charge is 0.340 e. The van der Waals surface area contributed by atoms with E-state index in [1.807, 2.05) is 46.2 Å². The summed E-state index contributed by atoms with van der Waals surface area (Å²) >= 11 is 0. The predicted octanol–water partition coefficient (Wildman–Crippen LogP) is 3.48. The summed E-state index contributed by atoms with van der Waals surface area (Å²) < 4.78 is 0. The van der Waals surface area contributed by atoms with Crippen molar-refractivity contribution in [2.75, 3.05) is 65.4 Å². The van der Waals surface area contributed by atoms with Gasteiger partial charge in [0.15, 0.2) is 0 Å². The van der Waals surface area contributed by atoms with Crippen LogP contribution >= 0.6 is 0 Å². The van der Waals surface area contributed by atoms with Crippen molar-refractivity contribution in [3.8, 4) is 0 Å². The molecule has 0 saturated carbocycles. The Bertz CT molecular complexity index is 922. The van der Waals surface area contributed by atoms with E-state index in [9.17, 15) is 9.59 Å².